The molecule has 2 aliphatic heterocycles. The average molecular weight is 461 g/mol. The molecule has 0 bridgehead atoms. The summed E-state index contributed by atoms with van der Waals surface area (Å²) in [6.45, 7) is 2.00. The largest absolute Gasteiger partial charge is 0.495 e. The molecule has 0 fully saturated rings. The molecule has 0 amide bonds. The fourth-order valence-corrected chi connectivity index (χ4v) is 5.89. The fourth-order valence-electron chi connectivity index (χ4n) is 3.66. The molecule has 0 radical (unpaired) electrons. The Bertz CT molecular complexity index is 1000. The normalized spacial score (nSPS) is 17.7. The van der Waals surface area contributed by atoms with Crippen LogP contribution in [0.5, 0.6) is 5.75 Å². The predicted molar refractivity (Wildman–Crippen MR) is 130 cm³/mol. The van der Waals surface area contributed by atoms with Crippen molar-refractivity contribution in [3.05, 3.63) is 74.5 Å². The maximum absolute atomic E-state index is 13.0. The van der Waals surface area contributed by atoms with E-state index in [0.29, 0.717) is 0 Å². The summed E-state index contributed by atoms with van der Waals surface area (Å²) < 4.78 is 22.6. The number of allylic oxidation sites excluding steroid dienone is 2. The van der Waals surface area contributed by atoms with Crippen LogP contribution >= 0.6 is 23.4 Å². The number of hydrogen-bond donors (Lipinski definition) is 2. The lowest BCUT2D eigenvalue weighted by Gasteiger charge is -2.20. The quantitative estimate of drug-likeness (QED) is 0.645. The van der Waals surface area contributed by atoms with Gasteiger partial charge in [0.2, 0.25) is 0 Å². The molecule has 7 heteroatoms. The van der Waals surface area contributed by atoms with Crippen LogP contribution in [-0.2, 0) is 23.8 Å². The molecular weight excluding hydrogens is 436 g/mol. The first-order valence-corrected chi connectivity index (χ1v) is 12.5. The minimum atomic E-state index is -1.34. The van der Waals surface area contributed by atoms with E-state index in [1.54, 1.807) is 18.9 Å². The maximum atomic E-state index is 13.0. The zero-order valence-corrected chi connectivity index (χ0v) is 19.3. The second kappa shape index (κ2) is 10.1. The van der Waals surface area contributed by atoms with Crippen molar-refractivity contribution in [2.24, 2.45) is 0 Å². The molecule has 0 spiro atoms. The highest BCUT2D eigenvalue weighted by Gasteiger charge is 2.18. The van der Waals surface area contributed by atoms with Gasteiger partial charge in [0, 0.05) is 10.8 Å². The van der Waals surface area contributed by atoms with Gasteiger partial charge in [-0.2, -0.15) is 0 Å². The van der Waals surface area contributed by atoms with E-state index in [1.807, 2.05) is 36.4 Å². The first-order chi connectivity index (χ1) is 14.6. The Labute approximate surface area is 189 Å². The molecule has 158 valence electrons. The Morgan fingerprint density at radius 3 is 2.63 bits per heavy atom. The Hall–Kier alpha value is -1.73. The molecule has 4 nitrogen and oxygen atoms in total. The summed E-state index contributed by atoms with van der Waals surface area (Å²) in [5.41, 5.74) is 5.73. The smallest absolute Gasteiger partial charge is 0.156 e. The average Bonchev–Trinajstić information content (AvgIpc) is 2.75. The zero-order chi connectivity index (χ0) is 20.9. The Balaban J connectivity index is 1.52. The summed E-state index contributed by atoms with van der Waals surface area (Å²) in [4.78, 5) is 0. The van der Waals surface area contributed by atoms with Crippen molar-refractivity contribution in [1.29, 1.82) is 0 Å². The van der Waals surface area contributed by atoms with Crippen molar-refractivity contribution in [2.45, 2.75) is 19.3 Å². The highest BCUT2D eigenvalue weighted by atomic mass is 35.5. The molecule has 1 atom stereocenters. The summed E-state index contributed by atoms with van der Waals surface area (Å²) in [5, 5.41) is 4.18. The van der Waals surface area contributed by atoms with Crippen LogP contribution < -0.4 is 14.8 Å². The number of ether oxygens (including phenoxy) is 1. The molecule has 2 aromatic carbocycles. The van der Waals surface area contributed by atoms with Crippen LogP contribution in [-0.4, -0.2) is 30.2 Å². The number of aryl methyl sites for hydroxylation is 1. The molecule has 2 heterocycles. The van der Waals surface area contributed by atoms with E-state index < -0.39 is 11.0 Å². The number of fused-ring (bicyclic) bond motifs is 1. The summed E-state index contributed by atoms with van der Waals surface area (Å²) in [5.74, 6) is 1.52. The maximum Gasteiger partial charge on any atom is 0.156 e. The van der Waals surface area contributed by atoms with E-state index in [2.05, 4.69) is 22.2 Å². The number of halogens is 1. The lowest BCUT2D eigenvalue weighted by Crippen LogP contribution is -2.22. The molecule has 1 unspecified atom stereocenters. The molecule has 2 aromatic rings. The summed E-state index contributed by atoms with van der Waals surface area (Å²) in [6.07, 6.45) is 7.08. The first-order valence-electron chi connectivity index (χ1n) is 10.0. The highest BCUT2D eigenvalue weighted by Crippen LogP contribution is 2.35. The van der Waals surface area contributed by atoms with E-state index >= 15 is 0 Å². The van der Waals surface area contributed by atoms with Crippen LogP contribution in [0, 0.1) is 0 Å². The lowest BCUT2D eigenvalue weighted by molar-refractivity contribution is 0.416. The number of thioether (sulfide) groups is 1. The molecule has 0 saturated carbocycles. The van der Waals surface area contributed by atoms with E-state index in [0.717, 1.165) is 64.4 Å². The third kappa shape index (κ3) is 5.11. The lowest BCUT2D eigenvalue weighted by atomic mass is 9.97. The molecule has 2 aliphatic rings. The third-order valence-corrected chi connectivity index (χ3v) is 8.13. The number of nitrogens with one attached hydrogen (secondary N) is 2. The summed E-state index contributed by atoms with van der Waals surface area (Å²) >= 11 is 7.57. The Kier molecular flexibility index (Phi) is 7.20. The minimum absolute atomic E-state index is 0.727. The number of benzene rings is 2. The Morgan fingerprint density at radius 1 is 1.10 bits per heavy atom. The molecule has 0 aromatic heterocycles. The molecule has 0 saturated heterocycles. The van der Waals surface area contributed by atoms with Gasteiger partial charge in [0.25, 0.3) is 0 Å². The van der Waals surface area contributed by atoms with Crippen molar-refractivity contribution in [3.8, 4) is 5.75 Å². The van der Waals surface area contributed by atoms with Crippen molar-refractivity contribution >= 4 is 45.6 Å². The topological polar surface area (TPSA) is 50.4 Å². The number of hydrogen-bond acceptors (Lipinski definition) is 4. The molecule has 0 aliphatic carbocycles. The van der Waals surface area contributed by atoms with E-state index in [4.69, 9.17) is 16.3 Å². The third-order valence-electron chi connectivity index (χ3n) is 5.28. The van der Waals surface area contributed by atoms with Crippen molar-refractivity contribution in [2.75, 3.05) is 30.7 Å². The van der Waals surface area contributed by atoms with E-state index in [1.165, 1.54) is 16.7 Å². The van der Waals surface area contributed by atoms with Crippen LogP contribution in [0.1, 0.15) is 23.1 Å². The van der Waals surface area contributed by atoms with Gasteiger partial charge in [-0.25, -0.2) is 4.21 Å². The van der Waals surface area contributed by atoms with Gasteiger partial charge >= 0.3 is 0 Å². The summed E-state index contributed by atoms with van der Waals surface area (Å²) in [6, 6.07) is 12.0. The molecular formula is C23H25ClN2O2S2. The Morgan fingerprint density at radius 2 is 1.90 bits per heavy atom. The van der Waals surface area contributed by atoms with Crippen LogP contribution in [0.4, 0.5) is 5.69 Å². The monoisotopic (exact) mass is 460 g/mol. The van der Waals surface area contributed by atoms with E-state index in [-0.39, 0.29) is 0 Å². The van der Waals surface area contributed by atoms with Gasteiger partial charge in [0.15, 0.2) is 11.0 Å². The van der Waals surface area contributed by atoms with Crippen molar-refractivity contribution in [3.63, 3.8) is 0 Å². The van der Waals surface area contributed by atoms with Gasteiger partial charge in [0.1, 0.15) is 5.75 Å². The van der Waals surface area contributed by atoms with Crippen LogP contribution in [0.15, 0.2) is 52.8 Å². The van der Waals surface area contributed by atoms with Gasteiger partial charge in [-0.1, -0.05) is 29.8 Å². The first kappa shape index (κ1) is 21.5. The summed E-state index contributed by atoms with van der Waals surface area (Å²) in [7, 11) is 0.323. The van der Waals surface area contributed by atoms with Crippen molar-refractivity contribution < 1.29 is 8.95 Å². The molecule has 4 rings (SSSR count). The number of rotatable bonds is 5. The second-order valence-corrected chi connectivity index (χ2v) is 10.2. The van der Waals surface area contributed by atoms with Crippen LogP contribution in [0.2, 0.25) is 5.02 Å². The van der Waals surface area contributed by atoms with Gasteiger partial charge in [0.05, 0.1) is 17.0 Å². The number of anilines is 1. The van der Waals surface area contributed by atoms with E-state index in [9.17, 15) is 4.21 Å². The van der Waals surface area contributed by atoms with Gasteiger partial charge in [-0.15, -0.1) is 11.8 Å². The SMILES string of the molecule is COc1cc2c(cc1NS(=O)C1=CC=C(c3ccc(Cl)cc3)CS1)CCNCCC2. The number of methoxy groups -OCH3 is 1. The van der Waals surface area contributed by atoms with Crippen LogP contribution in [0.3, 0.4) is 0 Å². The van der Waals surface area contributed by atoms with Crippen LogP contribution in [0.25, 0.3) is 5.57 Å². The van der Waals surface area contributed by atoms with Gasteiger partial charge in [-0.05, 0) is 85.0 Å². The standard InChI is InChI=1S/C23H25ClN2O2S2/c1-28-22-14-17-3-2-11-25-12-10-18(17)13-21(22)26-30(27)23-9-6-19(15-29-23)16-4-7-20(24)8-5-16/h4-9,13-14,25-26H,2-3,10-12,15H2,1H3. The molecule has 2 N–H and O–H groups in total. The predicted octanol–water partition coefficient (Wildman–Crippen LogP) is 5.17. The second-order valence-electron chi connectivity index (χ2n) is 7.27. The zero-order valence-electron chi connectivity index (χ0n) is 16.9. The minimum Gasteiger partial charge on any atom is -0.495 e. The van der Waals surface area contributed by atoms with Gasteiger partial charge in [-0.3, -0.25) is 4.72 Å². The molecule has 30 heavy (non-hydrogen) atoms. The van der Waals surface area contributed by atoms with Gasteiger partial charge < -0.3 is 10.1 Å². The fraction of sp³-hybridized carbons (Fsp3) is 0.304. The van der Waals surface area contributed by atoms with Crippen molar-refractivity contribution in [1.82, 2.24) is 5.32 Å². The highest BCUT2D eigenvalue weighted by molar-refractivity contribution is 8.17.